The number of fused-ring (bicyclic) bond motifs is 3. The zero-order chi connectivity index (χ0) is 69.6. The molecule has 0 saturated carbocycles. The summed E-state index contributed by atoms with van der Waals surface area (Å²) in [4.78, 5) is 91.4. The van der Waals surface area contributed by atoms with Crippen LogP contribution in [0.3, 0.4) is 0 Å². The molecule has 0 spiro atoms. The number of hydrogen-bond acceptors (Lipinski definition) is 9. The summed E-state index contributed by atoms with van der Waals surface area (Å²) in [7, 11) is 0. The van der Waals surface area contributed by atoms with Crippen molar-refractivity contribution < 1.29 is 68.3 Å². The van der Waals surface area contributed by atoms with Crippen molar-refractivity contribution in [2.75, 3.05) is 35.6 Å². The molecule has 520 valence electrons. The van der Waals surface area contributed by atoms with Gasteiger partial charge in [-0.3, -0.25) is 28.8 Å². The first-order chi connectivity index (χ1) is 46.3. The molecule has 18 nitrogen and oxygen atoms in total. The number of rotatable bonds is 30. The smallest absolute Gasteiger partial charge is 0.361 e. The molecule has 0 bridgehead atoms. The van der Waals surface area contributed by atoms with E-state index >= 15 is 0 Å². The van der Waals surface area contributed by atoms with Gasteiger partial charge in [0.2, 0.25) is 35.4 Å². The Bertz CT molecular complexity index is 3800. The molecule has 98 heavy (non-hydrogen) atoms. The number of nitrogens with two attached hydrogens (primary N) is 3. The summed E-state index contributed by atoms with van der Waals surface area (Å²) in [6, 6.07) is 26.8. The Morgan fingerprint density at radius 1 is 0.367 bits per heavy atom. The lowest BCUT2D eigenvalue weighted by Crippen LogP contribution is -2.44. The van der Waals surface area contributed by atoms with E-state index in [2.05, 4.69) is 46.9 Å². The van der Waals surface area contributed by atoms with Crippen molar-refractivity contribution in [2.24, 2.45) is 17.2 Å². The lowest BCUT2D eigenvalue weighted by atomic mass is 9.85. The molecule has 6 amide bonds. The topological polar surface area (TPSA) is 300 Å². The maximum atomic E-state index is 14.0. The van der Waals surface area contributed by atoms with Gasteiger partial charge in [-0.1, -0.05) is 36.4 Å². The molecule has 3 atom stereocenters. The van der Waals surface area contributed by atoms with Gasteiger partial charge in [0, 0.05) is 74.3 Å². The summed E-state index contributed by atoms with van der Waals surface area (Å²) in [5.74, 6) is -4.11. The Kier molecular flexibility index (Phi) is 25.0. The van der Waals surface area contributed by atoms with Gasteiger partial charge >= 0.3 is 18.5 Å². The standard InChI is InChI=1S/C70H73F9N12O6.ClH/c71-68(72,73)46-16-25-55-52(34-46)43(37-83-55)31-61(92)89-58(7-1-4-28-80)65(95)86-49-19-10-40(11-20-49)64(41-12-21-50(22-13-41)87-66(96)59(8-2-5-29-81)90-62(93)32-44-38-84-56-26-17-47(35-53(44)56)69(74,75)76)42-14-23-51(24-15-42)88-67(97)60(9-3-6-30-82)91-63(94)33-45-39-85-57-27-18-48(36-54(45)57)70(77,78)79;/h10-27,34-39,58-60,64,83-85H,1-9,28-33,80-82H2,(H,86,95)(H,87,96)(H,88,97)(H,89,92)(H,90,93)(H,91,94);1H/t58-,59-,60-;/m1./s1. The molecule has 0 aliphatic carbocycles. The van der Waals surface area contributed by atoms with Gasteiger partial charge in [0.05, 0.1) is 36.0 Å². The molecule has 28 heteroatoms. The Morgan fingerprint density at radius 2 is 0.622 bits per heavy atom. The number of aromatic nitrogens is 3. The van der Waals surface area contributed by atoms with Crippen LogP contribution in [0.1, 0.15) is 114 Å². The van der Waals surface area contributed by atoms with Gasteiger partial charge in [0.25, 0.3) is 0 Å². The molecule has 0 radical (unpaired) electrons. The summed E-state index contributed by atoms with van der Waals surface area (Å²) in [5, 5.41) is 17.5. The maximum Gasteiger partial charge on any atom is 0.416 e. The third kappa shape index (κ3) is 19.5. The first-order valence-corrected chi connectivity index (χ1v) is 31.5. The van der Waals surface area contributed by atoms with Gasteiger partial charge in [-0.25, -0.2) is 0 Å². The van der Waals surface area contributed by atoms with Crippen LogP contribution in [-0.2, 0) is 66.6 Å². The number of H-pyrrole nitrogens is 3. The molecule has 0 unspecified atom stereocenters. The van der Waals surface area contributed by atoms with E-state index in [0.29, 0.717) is 125 Å². The highest BCUT2D eigenvalue weighted by Gasteiger charge is 2.34. The number of carbonyl (C=O) groups excluding carboxylic acids is 6. The highest BCUT2D eigenvalue weighted by molar-refractivity contribution is 6.00. The van der Waals surface area contributed by atoms with Crippen LogP contribution in [0.15, 0.2) is 146 Å². The third-order valence-electron chi connectivity index (χ3n) is 16.7. The highest BCUT2D eigenvalue weighted by atomic mass is 35.5. The number of hydrogen-bond donors (Lipinski definition) is 12. The third-order valence-corrected chi connectivity index (χ3v) is 16.7. The van der Waals surface area contributed by atoms with Crippen LogP contribution in [-0.4, -0.2) is 88.2 Å². The fraction of sp³-hybridized carbons (Fsp3) is 0.314. The van der Waals surface area contributed by atoms with E-state index in [9.17, 15) is 68.3 Å². The van der Waals surface area contributed by atoms with Crippen LogP contribution in [0.2, 0.25) is 0 Å². The quantitative estimate of drug-likeness (QED) is 0.0116. The van der Waals surface area contributed by atoms with Crippen molar-refractivity contribution in [3.8, 4) is 0 Å². The van der Waals surface area contributed by atoms with Gasteiger partial charge in [-0.2, -0.15) is 39.5 Å². The number of carbonyl (C=O) groups is 6. The second-order valence-corrected chi connectivity index (χ2v) is 23.7. The van der Waals surface area contributed by atoms with E-state index < -0.39 is 94.7 Å². The summed E-state index contributed by atoms with van der Waals surface area (Å²) in [5.41, 5.74) is 19.8. The molecular formula is C70H74ClF9N12O6. The number of benzene rings is 6. The van der Waals surface area contributed by atoms with Crippen molar-refractivity contribution in [3.05, 3.63) is 196 Å². The number of aromatic amines is 3. The predicted octanol–water partition coefficient (Wildman–Crippen LogP) is 12.2. The van der Waals surface area contributed by atoms with Crippen LogP contribution >= 0.6 is 12.4 Å². The van der Waals surface area contributed by atoms with Crippen LogP contribution in [0, 0.1) is 0 Å². The SMILES string of the molecule is Cl.NCCCC[C@@H](NC(=O)Cc1c[nH]c2ccc(C(F)(F)F)cc12)C(=O)Nc1ccc(C(c2ccc(NC(=O)[C@@H](CCCCN)NC(=O)Cc3c[nH]c4ccc(C(F)(F)F)cc34)cc2)c2ccc(NC(=O)[C@@H](CCCCN)NC(=O)Cc3c[nH]c4ccc(C(F)(F)F)cc34)cc2)cc1. The van der Waals surface area contributed by atoms with Gasteiger partial charge < -0.3 is 64.1 Å². The van der Waals surface area contributed by atoms with E-state index in [4.69, 9.17) is 17.2 Å². The lowest BCUT2D eigenvalue weighted by molar-refractivity contribution is -0.138. The van der Waals surface area contributed by atoms with Crippen LogP contribution in [0.25, 0.3) is 32.7 Å². The van der Waals surface area contributed by atoms with Crippen LogP contribution < -0.4 is 49.1 Å². The van der Waals surface area contributed by atoms with Gasteiger partial charge in [0.1, 0.15) is 18.1 Å². The van der Waals surface area contributed by atoms with E-state index in [0.717, 1.165) is 36.4 Å². The van der Waals surface area contributed by atoms with Crippen molar-refractivity contribution in [1.82, 2.24) is 30.9 Å². The maximum absolute atomic E-state index is 14.0. The fourth-order valence-corrected chi connectivity index (χ4v) is 11.6. The summed E-state index contributed by atoms with van der Waals surface area (Å²) >= 11 is 0. The number of alkyl halides is 9. The van der Waals surface area contributed by atoms with Crippen LogP contribution in [0.4, 0.5) is 56.6 Å². The van der Waals surface area contributed by atoms with Crippen molar-refractivity contribution in [2.45, 2.75) is 120 Å². The van der Waals surface area contributed by atoms with Crippen molar-refractivity contribution in [1.29, 1.82) is 0 Å². The number of amides is 6. The summed E-state index contributed by atoms with van der Waals surface area (Å²) in [6.45, 7) is 0.949. The minimum atomic E-state index is -4.62. The Balaban J connectivity index is 0.0000122. The van der Waals surface area contributed by atoms with E-state index in [1.807, 2.05) is 0 Å². The molecule has 0 aliphatic rings. The average molecular weight is 1390 g/mol. The first-order valence-electron chi connectivity index (χ1n) is 31.5. The molecule has 3 heterocycles. The zero-order valence-corrected chi connectivity index (χ0v) is 53.6. The monoisotopic (exact) mass is 1380 g/mol. The number of anilines is 3. The second-order valence-electron chi connectivity index (χ2n) is 23.7. The van der Waals surface area contributed by atoms with Gasteiger partial charge in [0.15, 0.2) is 0 Å². The molecule has 3 aromatic heterocycles. The van der Waals surface area contributed by atoms with E-state index in [-0.39, 0.29) is 67.1 Å². The van der Waals surface area contributed by atoms with E-state index in [1.54, 1.807) is 72.8 Å². The first kappa shape index (κ1) is 74.1. The summed E-state index contributed by atoms with van der Waals surface area (Å²) < 4.78 is 123. The molecule has 9 rings (SSSR count). The predicted molar refractivity (Wildman–Crippen MR) is 359 cm³/mol. The molecule has 0 fully saturated rings. The Labute approximate surface area is 563 Å². The minimum absolute atomic E-state index is 0. The van der Waals surface area contributed by atoms with Crippen molar-refractivity contribution >= 4 is 97.6 Å². The molecular weight excluding hydrogens is 1310 g/mol. The van der Waals surface area contributed by atoms with E-state index in [1.165, 1.54) is 36.8 Å². The van der Waals surface area contributed by atoms with Crippen LogP contribution in [0.5, 0.6) is 0 Å². The number of halogens is 10. The van der Waals surface area contributed by atoms with Gasteiger partial charge in [-0.05, 0) is 202 Å². The second kappa shape index (κ2) is 33.0. The molecule has 0 saturated heterocycles. The zero-order valence-electron chi connectivity index (χ0n) is 52.8. The number of nitrogens with one attached hydrogen (secondary N) is 9. The molecule has 15 N–H and O–H groups in total. The van der Waals surface area contributed by atoms with Gasteiger partial charge in [-0.15, -0.1) is 12.4 Å². The fourth-order valence-electron chi connectivity index (χ4n) is 11.6. The Hall–Kier alpha value is -9.70. The lowest BCUT2D eigenvalue weighted by Gasteiger charge is -2.22. The van der Waals surface area contributed by atoms with Crippen molar-refractivity contribution in [3.63, 3.8) is 0 Å². The highest BCUT2D eigenvalue weighted by Crippen LogP contribution is 2.37. The molecule has 6 aromatic carbocycles. The summed E-state index contributed by atoms with van der Waals surface area (Å²) in [6.07, 6.45) is -6.96. The average Bonchev–Trinajstić information content (AvgIpc) is 1.60. The molecule has 0 aliphatic heterocycles. The normalized spacial score (nSPS) is 12.8. The molecule has 9 aromatic rings. The Morgan fingerprint density at radius 3 is 0.857 bits per heavy atom. The largest absolute Gasteiger partial charge is 0.416 e. The minimum Gasteiger partial charge on any atom is -0.361 e. The number of unbranched alkanes of at least 4 members (excludes halogenated alkanes) is 3.